The van der Waals surface area contributed by atoms with E-state index in [-0.39, 0.29) is 11.7 Å². The third kappa shape index (κ3) is 3.64. The highest BCUT2D eigenvalue weighted by Crippen LogP contribution is 2.39. The quantitative estimate of drug-likeness (QED) is 0.452. The van der Waals surface area contributed by atoms with Gasteiger partial charge in [-0.1, -0.05) is 18.2 Å². The van der Waals surface area contributed by atoms with Crippen molar-refractivity contribution in [2.45, 2.75) is 18.9 Å². The van der Waals surface area contributed by atoms with Crippen molar-refractivity contribution in [3.8, 4) is 28.1 Å². The summed E-state index contributed by atoms with van der Waals surface area (Å²) in [6.07, 6.45) is 5.05. The molecule has 0 unspecified atom stereocenters. The Kier molecular flexibility index (Phi) is 5.15. The van der Waals surface area contributed by atoms with Crippen molar-refractivity contribution in [3.63, 3.8) is 0 Å². The number of hydrogen-bond donors (Lipinski definition) is 2. The molecule has 3 N–H and O–H groups in total. The zero-order valence-electron chi connectivity index (χ0n) is 17.5. The smallest absolute Gasteiger partial charge is 0.222 e. The number of fused-ring (bicyclic) bond motifs is 1. The van der Waals surface area contributed by atoms with Crippen LogP contribution in [0.3, 0.4) is 0 Å². The van der Waals surface area contributed by atoms with Gasteiger partial charge in [0.15, 0.2) is 11.6 Å². The first kappa shape index (κ1) is 20.8. The van der Waals surface area contributed by atoms with Gasteiger partial charge in [0, 0.05) is 37.1 Å². The number of aromatic hydroxyl groups is 1. The summed E-state index contributed by atoms with van der Waals surface area (Å²) in [7, 11) is 0. The Hall–Kier alpha value is -4.03. The average Bonchev–Trinajstić information content (AvgIpc) is 3.30. The van der Waals surface area contributed by atoms with Crippen LogP contribution in [0, 0.1) is 18.2 Å². The van der Waals surface area contributed by atoms with Crippen molar-refractivity contribution in [3.05, 3.63) is 71.8 Å². The number of hydrogen-bond acceptors (Lipinski definition) is 5. The predicted octanol–water partition coefficient (Wildman–Crippen LogP) is 4.53. The largest absolute Gasteiger partial charge is 0.505 e. The Morgan fingerprint density at radius 1 is 1.06 bits per heavy atom. The molecule has 0 radical (unpaired) electrons. The van der Waals surface area contributed by atoms with Crippen LogP contribution in [0.25, 0.3) is 32.9 Å². The maximum absolute atomic E-state index is 14.6. The minimum Gasteiger partial charge on any atom is -0.505 e. The molecule has 1 fully saturated rings. The van der Waals surface area contributed by atoms with E-state index in [2.05, 4.69) is 14.7 Å². The Labute approximate surface area is 188 Å². The highest BCUT2D eigenvalue weighted by Gasteiger charge is 2.25. The van der Waals surface area contributed by atoms with E-state index in [1.807, 2.05) is 4.40 Å². The lowest BCUT2D eigenvalue weighted by molar-refractivity contribution is 0.433. The number of benzene rings is 2. The van der Waals surface area contributed by atoms with Crippen LogP contribution in [0.4, 0.5) is 20.4 Å². The Morgan fingerprint density at radius 2 is 1.82 bits per heavy atom. The summed E-state index contributed by atoms with van der Waals surface area (Å²) >= 11 is 0. The minimum atomic E-state index is -0.749. The van der Waals surface area contributed by atoms with Crippen LogP contribution >= 0.6 is 0 Å². The van der Waals surface area contributed by atoms with Gasteiger partial charge in [0.05, 0.1) is 17.8 Å². The molecule has 2 aromatic heterocycles. The topological polar surface area (TPSA) is 84.0 Å². The highest BCUT2D eigenvalue weighted by molar-refractivity contribution is 5.91. The molecule has 7 nitrogen and oxygen atoms in total. The van der Waals surface area contributed by atoms with Crippen LogP contribution in [0.2, 0.25) is 0 Å². The molecule has 1 aliphatic rings. The second-order valence-electron chi connectivity index (χ2n) is 8.02. The summed E-state index contributed by atoms with van der Waals surface area (Å²) in [5.74, 6) is -1.28. The van der Waals surface area contributed by atoms with Gasteiger partial charge in [0.25, 0.3) is 0 Å². The van der Waals surface area contributed by atoms with Gasteiger partial charge >= 0.3 is 0 Å². The van der Waals surface area contributed by atoms with E-state index in [1.54, 1.807) is 18.5 Å². The molecule has 9 heteroatoms. The Morgan fingerprint density at radius 3 is 2.52 bits per heavy atom. The summed E-state index contributed by atoms with van der Waals surface area (Å²) in [5.41, 5.74) is 8.37. The van der Waals surface area contributed by atoms with Crippen LogP contribution in [0.1, 0.15) is 12.8 Å². The van der Waals surface area contributed by atoms with Crippen molar-refractivity contribution in [2.75, 3.05) is 18.0 Å². The third-order valence-electron chi connectivity index (χ3n) is 5.93. The van der Waals surface area contributed by atoms with Crippen molar-refractivity contribution in [1.29, 1.82) is 0 Å². The van der Waals surface area contributed by atoms with Gasteiger partial charge < -0.3 is 15.7 Å². The highest BCUT2D eigenvalue weighted by atomic mass is 19.1. The first-order chi connectivity index (χ1) is 16.0. The van der Waals surface area contributed by atoms with Crippen LogP contribution in [0.5, 0.6) is 5.75 Å². The molecule has 5 rings (SSSR count). The molecule has 1 saturated heterocycles. The molecule has 166 valence electrons. The van der Waals surface area contributed by atoms with Gasteiger partial charge in [-0.25, -0.2) is 23.6 Å². The molecule has 0 amide bonds. The molecule has 33 heavy (non-hydrogen) atoms. The van der Waals surface area contributed by atoms with Gasteiger partial charge in [0.1, 0.15) is 11.5 Å². The summed E-state index contributed by atoms with van der Waals surface area (Å²) in [4.78, 5) is 14.7. The maximum Gasteiger partial charge on any atom is 0.222 e. The normalized spacial score (nSPS) is 14.5. The van der Waals surface area contributed by atoms with Crippen molar-refractivity contribution >= 4 is 17.3 Å². The zero-order chi connectivity index (χ0) is 23.1. The summed E-state index contributed by atoms with van der Waals surface area (Å²) in [5, 5.41) is 10.0. The van der Waals surface area contributed by atoms with Gasteiger partial charge in [-0.05, 0) is 36.6 Å². The number of rotatable bonds is 3. The number of imidazole rings is 1. The zero-order valence-corrected chi connectivity index (χ0v) is 17.5. The van der Waals surface area contributed by atoms with Crippen LogP contribution in [-0.4, -0.2) is 38.6 Å². The number of anilines is 1. The fraction of sp³-hybridized carbons (Fsp3) is 0.208. The van der Waals surface area contributed by atoms with Crippen LogP contribution in [0.15, 0.2) is 48.8 Å². The molecule has 3 heterocycles. The fourth-order valence-corrected chi connectivity index (χ4v) is 4.18. The Balaban J connectivity index is 1.79. The van der Waals surface area contributed by atoms with Crippen molar-refractivity contribution in [2.24, 2.45) is 5.73 Å². The number of phenolic OH excluding ortho intramolecular Hbond substituents is 1. The lowest BCUT2D eigenvalue weighted by Crippen LogP contribution is -2.40. The summed E-state index contributed by atoms with van der Waals surface area (Å²) in [6, 6.07) is 8.41. The second-order valence-corrected chi connectivity index (χ2v) is 8.02. The predicted molar refractivity (Wildman–Crippen MR) is 121 cm³/mol. The van der Waals surface area contributed by atoms with E-state index in [0.29, 0.717) is 47.1 Å². The molecule has 0 atom stereocenters. The van der Waals surface area contributed by atoms with E-state index >= 15 is 0 Å². The van der Waals surface area contributed by atoms with E-state index in [9.17, 15) is 13.9 Å². The van der Waals surface area contributed by atoms with Crippen LogP contribution < -0.4 is 10.6 Å². The Bertz CT molecular complexity index is 1400. The number of nitrogens with two attached hydrogens (primary N) is 1. The van der Waals surface area contributed by atoms with Crippen LogP contribution in [-0.2, 0) is 0 Å². The van der Waals surface area contributed by atoms with Gasteiger partial charge in [0.2, 0.25) is 11.6 Å². The molecule has 2 aromatic carbocycles. The molecule has 1 aliphatic heterocycles. The molecule has 0 saturated carbocycles. The lowest BCUT2D eigenvalue weighted by Gasteiger charge is -2.32. The molecule has 0 bridgehead atoms. The number of aromatic nitrogens is 3. The van der Waals surface area contributed by atoms with Gasteiger partial charge in [-0.3, -0.25) is 4.40 Å². The number of nitrogens with zero attached hydrogens (tertiary/aromatic N) is 5. The minimum absolute atomic E-state index is 0.0909. The van der Waals surface area contributed by atoms with E-state index in [1.165, 1.54) is 24.3 Å². The summed E-state index contributed by atoms with van der Waals surface area (Å²) < 4.78 is 30.2. The first-order valence-electron chi connectivity index (χ1n) is 10.5. The SMILES string of the molecule is [C-]#[N+]c1ccc(-c2nc(N3CCC(N)CC3)n3ccnc3c2-c2ccc(F)c(O)c2)cc1F. The molecular weight excluding hydrogens is 426 g/mol. The summed E-state index contributed by atoms with van der Waals surface area (Å²) in [6.45, 7) is 8.55. The number of piperidine rings is 1. The second kappa shape index (κ2) is 8.15. The van der Waals surface area contributed by atoms with E-state index in [0.717, 1.165) is 18.9 Å². The molecule has 4 aromatic rings. The first-order valence-corrected chi connectivity index (χ1v) is 10.5. The molecule has 0 spiro atoms. The monoisotopic (exact) mass is 446 g/mol. The average molecular weight is 446 g/mol. The third-order valence-corrected chi connectivity index (χ3v) is 5.93. The fourth-order valence-electron chi connectivity index (χ4n) is 4.18. The molecular formula is C24H20F2N6O. The number of halogens is 2. The van der Waals surface area contributed by atoms with Crippen molar-refractivity contribution < 1.29 is 13.9 Å². The lowest BCUT2D eigenvalue weighted by atomic mass is 9.99. The van der Waals surface area contributed by atoms with Gasteiger partial charge in [-0.2, -0.15) is 0 Å². The van der Waals surface area contributed by atoms with Gasteiger partial charge in [-0.15, -0.1) is 0 Å². The number of phenols is 1. The molecule has 0 aliphatic carbocycles. The van der Waals surface area contributed by atoms with Crippen molar-refractivity contribution in [1.82, 2.24) is 14.4 Å². The maximum atomic E-state index is 14.6. The standard InChI is InChI=1S/C24H20F2N6O/c1-28-19-5-3-15(12-18(19)26)22-21(14-2-4-17(25)20(33)13-14)23-29-8-11-32(23)24(30-22)31-9-6-16(27)7-10-31/h2-5,8,11-13,16,33H,6-7,9-10,27H2. The van der Waals surface area contributed by atoms with E-state index < -0.39 is 17.4 Å². The van der Waals surface area contributed by atoms with E-state index in [4.69, 9.17) is 17.3 Å².